The second-order valence-corrected chi connectivity index (χ2v) is 6.63. The van der Waals surface area contributed by atoms with Crippen molar-refractivity contribution in [1.82, 2.24) is 4.72 Å². The summed E-state index contributed by atoms with van der Waals surface area (Å²) in [7, 11) is -3.87. The van der Waals surface area contributed by atoms with E-state index in [0.29, 0.717) is 0 Å². The SMILES string of the molecule is C[C@@](C#N)(NS(=O)(=O)c1ccc([N+](=O)[O-])cc1)C1CC1. The molecule has 0 aromatic heterocycles. The van der Waals surface area contributed by atoms with Gasteiger partial charge in [0.15, 0.2) is 0 Å². The fourth-order valence-electron chi connectivity index (χ4n) is 1.94. The highest BCUT2D eigenvalue weighted by Crippen LogP contribution is 2.39. The lowest BCUT2D eigenvalue weighted by atomic mass is 10.0. The predicted octanol–water partition coefficient (Wildman–Crippen LogP) is 1.57. The Bertz CT molecular complexity index is 674. The number of hydrogen-bond acceptors (Lipinski definition) is 5. The van der Waals surface area contributed by atoms with Gasteiger partial charge in [-0.3, -0.25) is 10.1 Å². The monoisotopic (exact) mass is 295 g/mol. The summed E-state index contributed by atoms with van der Waals surface area (Å²) in [4.78, 5) is 9.84. The lowest BCUT2D eigenvalue weighted by molar-refractivity contribution is -0.384. The molecule has 1 fully saturated rings. The van der Waals surface area contributed by atoms with Gasteiger partial charge >= 0.3 is 0 Å². The Morgan fingerprint density at radius 2 is 1.95 bits per heavy atom. The third-order valence-corrected chi connectivity index (χ3v) is 4.92. The molecule has 0 spiro atoms. The molecule has 1 aliphatic carbocycles. The number of nitriles is 1. The second-order valence-electron chi connectivity index (χ2n) is 4.94. The number of nitrogens with zero attached hydrogens (tertiary/aromatic N) is 2. The number of nitro groups is 1. The standard InChI is InChI=1S/C12H13N3O4S/c1-12(8-13,9-2-3-9)14-20(18,19)11-6-4-10(5-7-11)15(16)17/h4-7,9,14H,2-3H2,1H3/t12-/m0/s1. The van der Waals surface area contributed by atoms with Gasteiger partial charge in [-0.05, 0) is 37.8 Å². The molecule has 1 saturated carbocycles. The first-order chi connectivity index (χ1) is 9.28. The van der Waals surface area contributed by atoms with E-state index in [4.69, 9.17) is 5.26 Å². The summed E-state index contributed by atoms with van der Waals surface area (Å²) >= 11 is 0. The number of benzene rings is 1. The third kappa shape index (κ3) is 2.79. The molecular weight excluding hydrogens is 282 g/mol. The number of non-ortho nitro benzene ring substituents is 1. The summed E-state index contributed by atoms with van der Waals surface area (Å²) < 4.78 is 26.8. The molecule has 0 bridgehead atoms. The molecule has 0 amide bonds. The summed E-state index contributed by atoms with van der Waals surface area (Å²) in [6, 6.07) is 6.55. The van der Waals surface area contributed by atoms with Crippen LogP contribution in [0, 0.1) is 27.4 Å². The van der Waals surface area contributed by atoms with E-state index in [1.54, 1.807) is 6.92 Å². The Morgan fingerprint density at radius 3 is 2.35 bits per heavy atom. The molecule has 1 aliphatic rings. The fourth-order valence-corrected chi connectivity index (χ4v) is 3.33. The van der Waals surface area contributed by atoms with E-state index < -0.39 is 20.5 Å². The molecule has 1 N–H and O–H groups in total. The van der Waals surface area contributed by atoms with Gasteiger partial charge in [0.05, 0.1) is 15.9 Å². The highest BCUT2D eigenvalue weighted by Gasteiger charge is 2.44. The topological polar surface area (TPSA) is 113 Å². The van der Waals surface area contributed by atoms with E-state index >= 15 is 0 Å². The third-order valence-electron chi connectivity index (χ3n) is 3.33. The maximum atomic E-state index is 12.2. The molecule has 2 rings (SSSR count). The van der Waals surface area contributed by atoms with Gasteiger partial charge in [-0.15, -0.1) is 0 Å². The summed E-state index contributed by atoms with van der Waals surface area (Å²) in [5, 5.41) is 19.7. The van der Waals surface area contributed by atoms with Crippen LogP contribution in [0.15, 0.2) is 29.2 Å². The molecule has 7 nitrogen and oxygen atoms in total. The summed E-state index contributed by atoms with van der Waals surface area (Å²) in [6.45, 7) is 1.55. The summed E-state index contributed by atoms with van der Waals surface area (Å²) in [5.74, 6) is 0.0142. The Hall–Kier alpha value is -1.98. The van der Waals surface area contributed by atoms with Crippen molar-refractivity contribution in [2.24, 2.45) is 5.92 Å². The Kier molecular flexibility index (Phi) is 3.50. The number of rotatable bonds is 5. The molecule has 1 atom stereocenters. The normalized spacial score (nSPS) is 18.0. The maximum Gasteiger partial charge on any atom is 0.269 e. The number of hydrogen-bond donors (Lipinski definition) is 1. The molecule has 0 aliphatic heterocycles. The van der Waals surface area contributed by atoms with E-state index in [-0.39, 0.29) is 16.5 Å². The smallest absolute Gasteiger partial charge is 0.258 e. The van der Waals surface area contributed by atoms with Crippen LogP contribution in [0.3, 0.4) is 0 Å². The molecule has 0 saturated heterocycles. The average Bonchev–Trinajstić information content (AvgIpc) is 3.23. The van der Waals surface area contributed by atoms with Crippen LogP contribution in [-0.4, -0.2) is 18.9 Å². The quantitative estimate of drug-likeness (QED) is 0.654. The van der Waals surface area contributed by atoms with Crippen LogP contribution in [0.4, 0.5) is 5.69 Å². The molecule has 0 unspecified atom stereocenters. The van der Waals surface area contributed by atoms with Crippen LogP contribution in [0.1, 0.15) is 19.8 Å². The largest absolute Gasteiger partial charge is 0.269 e. The van der Waals surface area contributed by atoms with E-state index in [9.17, 15) is 18.5 Å². The van der Waals surface area contributed by atoms with E-state index in [2.05, 4.69) is 4.72 Å². The average molecular weight is 295 g/mol. The molecule has 0 radical (unpaired) electrons. The molecule has 20 heavy (non-hydrogen) atoms. The molecule has 1 aromatic rings. The second kappa shape index (κ2) is 4.85. The zero-order chi connectivity index (χ0) is 15.0. The van der Waals surface area contributed by atoms with Crippen molar-refractivity contribution in [3.05, 3.63) is 34.4 Å². The zero-order valence-corrected chi connectivity index (χ0v) is 11.6. The zero-order valence-electron chi connectivity index (χ0n) is 10.7. The van der Waals surface area contributed by atoms with Gasteiger partial charge in [0.25, 0.3) is 5.69 Å². The van der Waals surface area contributed by atoms with Gasteiger partial charge in [-0.1, -0.05) is 0 Å². The van der Waals surface area contributed by atoms with E-state index in [1.807, 2.05) is 6.07 Å². The molecule has 106 valence electrons. The predicted molar refractivity (Wildman–Crippen MR) is 70.2 cm³/mol. The van der Waals surface area contributed by atoms with Crippen LogP contribution in [0.2, 0.25) is 0 Å². The van der Waals surface area contributed by atoms with Gasteiger partial charge in [-0.25, -0.2) is 8.42 Å². The van der Waals surface area contributed by atoms with Crippen LogP contribution >= 0.6 is 0 Å². The van der Waals surface area contributed by atoms with Crippen molar-refractivity contribution in [3.63, 3.8) is 0 Å². The van der Waals surface area contributed by atoms with Gasteiger partial charge in [0.1, 0.15) is 5.54 Å². The van der Waals surface area contributed by atoms with Crippen molar-refractivity contribution >= 4 is 15.7 Å². The Balaban J connectivity index is 2.26. The molecule has 0 heterocycles. The lowest BCUT2D eigenvalue weighted by Gasteiger charge is -2.22. The number of sulfonamides is 1. The Morgan fingerprint density at radius 1 is 1.40 bits per heavy atom. The summed E-state index contributed by atoms with van der Waals surface area (Å²) in [6.07, 6.45) is 1.62. The maximum absolute atomic E-state index is 12.2. The van der Waals surface area contributed by atoms with E-state index in [1.165, 1.54) is 0 Å². The molecular formula is C12H13N3O4S. The number of nitro benzene ring substituents is 1. The first kappa shape index (κ1) is 14.4. The lowest BCUT2D eigenvalue weighted by Crippen LogP contribution is -2.46. The molecule has 1 aromatic carbocycles. The first-order valence-electron chi connectivity index (χ1n) is 5.98. The fraction of sp³-hybridized carbons (Fsp3) is 0.417. The molecule has 8 heteroatoms. The minimum Gasteiger partial charge on any atom is -0.258 e. The van der Waals surface area contributed by atoms with Crippen molar-refractivity contribution < 1.29 is 13.3 Å². The Labute approximate surface area is 116 Å². The number of nitrogens with one attached hydrogen (secondary N) is 1. The highest BCUT2D eigenvalue weighted by atomic mass is 32.2. The summed E-state index contributed by atoms with van der Waals surface area (Å²) in [5.41, 5.74) is -1.32. The van der Waals surface area contributed by atoms with Gasteiger partial charge in [-0.2, -0.15) is 9.98 Å². The van der Waals surface area contributed by atoms with Crippen LogP contribution in [-0.2, 0) is 10.0 Å². The first-order valence-corrected chi connectivity index (χ1v) is 7.46. The van der Waals surface area contributed by atoms with Crippen LogP contribution in [0.5, 0.6) is 0 Å². The van der Waals surface area contributed by atoms with Gasteiger partial charge in [0.2, 0.25) is 10.0 Å². The van der Waals surface area contributed by atoms with Crippen molar-refractivity contribution in [2.75, 3.05) is 0 Å². The van der Waals surface area contributed by atoms with Crippen LogP contribution in [0.25, 0.3) is 0 Å². The minimum atomic E-state index is -3.87. The highest BCUT2D eigenvalue weighted by molar-refractivity contribution is 7.89. The van der Waals surface area contributed by atoms with Crippen molar-refractivity contribution in [2.45, 2.75) is 30.2 Å². The van der Waals surface area contributed by atoms with Crippen LogP contribution < -0.4 is 4.72 Å². The van der Waals surface area contributed by atoms with E-state index in [0.717, 1.165) is 37.1 Å². The van der Waals surface area contributed by atoms with Crippen molar-refractivity contribution in [1.29, 1.82) is 5.26 Å². The van der Waals surface area contributed by atoms with Gasteiger partial charge < -0.3 is 0 Å². The van der Waals surface area contributed by atoms with Crippen molar-refractivity contribution in [3.8, 4) is 6.07 Å². The minimum absolute atomic E-state index is 0.0142. The van der Waals surface area contributed by atoms with Gasteiger partial charge in [0, 0.05) is 12.1 Å².